The molecule has 0 spiro atoms. The van der Waals surface area contributed by atoms with Crippen LogP contribution < -0.4 is 0 Å². The highest BCUT2D eigenvalue weighted by Crippen LogP contribution is 2.43. The molecule has 0 radical (unpaired) electrons. The molecule has 3 aromatic rings. The molecule has 0 fully saturated rings. The smallest absolute Gasteiger partial charge is 0.152 e. The van der Waals surface area contributed by atoms with Gasteiger partial charge in [-0.15, -0.1) is 0 Å². The Hall–Kier alpha value is -2.67. The van der Waals surface area contributed by atoms with Crippen LogP contribution in [0.25, 0.3) is 0 Å². The molecule has 0 heterocycles. The third-order valence-corrected chi connectivity index (χ3v) is 6.01. The molecule has 0 amide bonds. The Kier molecular flexibility index (Phi) is 5.84. The molecule has 0 aliphatic rings. The van der Waals surface area contributed by atoms with E-state index in [1.165, 1.54) is 0 Å². The fraction of sp³-hybridized carbons (Fsp3) is 0.296. The first-order valence-electron chi connectivity index (χ1n) is 10.1. The van der Waals surface area contributed by atoms with Gasteiger partial charge in [-0.2, -0.15) is 0 Å². The molecule has 1 unspecified atom stereocenters. The summed E-state index contributed by atoms with van der Waals surface area (Å²) in [7, 11) is 0. The Balaban J connectivity index is 2.27. The third kappa shape index (κ3) is 3.80. The van der Waals surface area contributed by atoms with Crippen LogP contribution in [0.5, 0.6) is 0 Å². The second-order valence-electron chi connectivity index (χ2n) is 8.74. The first kappa shape index (κ1) is 20.1. The monoisotopic (exact) mass is 370 g/mol. The van der Waals surface area contributed by atoms with Crippen molar-refractivity contribution in [1.29, 1.82) is 0 Å². The summed E-state index contributed by atoms with van der Waals surface area (Å²) < 4.78 is 0. The molecule has 1 atom stereocenters. The van der Waals surface area contributed by atoms with Crippen molar-refractivity contribution in [3.63, 3.8) is 0 Å². The van der Waals surface area contributed by atoms with Crippen LogP contribution in [0.4, 0.5) is 0 Å². The minimum absolute atomic E-state index is 0.0749. The molecule has 28 heavy (non-hydrogen) atoms. The molecule has 3 rings (SSSR count). The summed E-state index contributed by atoms with van der Waals surface area (Å²) >= 11 is 0. The summed E-state index contributed by atoms with van der Waals surface area (Å²) in [6.45, 7) is 8.81. The lowest BCUT2D eigenvalue weighted by Gasteiger charge is -2.37. The number of carbonyl (C=O) groups is 1. The van der Waals surface area contributed by atoms with E-state index < -0.39 is 5.41 Å². The van der Waals surface area contributed by atoms with Crippen LogP contribution in [0.1, 0.15) is 50.8 Å². The van der Waals surface area contributed by atoms with Gasteiger partial charge in [-0.3, -0.25) is 4.79 Å². The van der Waals surface area contributed by atoms with Crippen LogP contribution in [0.2, 0.25) is 0 Å². The second-order valence-corrected chi connectivity index (χ2v) is 8.74. The highest BCUT2D eigenvalue weighted by molar-refractivity contribution is 5.97. The molecule has 1 nitrogen and oxygen atoms in total. The minimum atomic E-state index is -0.802. The van der Waals surface area contributed by atoms with Crippen LogP contribution in [-0.4, -0.2) is 5.78 Å². The highest BCUT2D eigenvalue weighted by atomic mass is 16.1. The molecule has 3 aromatic carbocycles. The molecule has 144 valence electrons. The fourth-order valence-electron chi connectivity index (χ4n) is 3.78. The Labute approximate surface area is 169 Å². The van der Waals surface area contributed by atoms with Crippen molar-refractivity contribution in [3.05, 3.63) is 108 Å². The van der Waals surface area contributed by atoms with Crippen LogP contribution in [0.15, 0.2) is 91.0 Å². The molecule has 0 bridgehead atoms. The van der Waals surface area contributed by atoms with Gasteiger partial charge in [0.2, 0.25) is 0 Å². The van der Waals surface area contributed by atoms with Gasteiger partial charge >= 0.3 is 0 Å². The lowest BCUT2D eigenvalue weighted by atomic mass is 9.64. The maximum Gasteiger partial charge on any atom is 0.152 e. The molecule has 0 aliphatic carbocycles. The number of ketones is 1. The molecule has 0 N–H and O–H groups in total. The lowest BCUT2D eigenvalue weighted by Crippen LogP contribution is -2.40. The third-order valence-electron chi connectivity index (χ3n) is 6.01. The molecule has 0 aliphatic heterocycles. The van der Waals surface area contributed by atoms with Gasteiger partial charge < -0.3 is 0 Å². The number of Topliss-reactive ketones (excluding diaryl/α,β-unsaturated/α-hetero) is 1. The zero-order valence-electron chi connectivity index (χ0n) is 17.4. The second kappa shape index (κ2) is 8.14. The van der Waals surface area contributed by atoms with Crippen molar-refractivity contribution in [1.82, 2.24) is 0 Å². The predicted octanol–water partition coefficient (Wildman–Crippen LogP) is 6.66. The summed E-state index contributed by atoms with van der Waals surface area (Å²) in [6.07, 6.45) is 0.530. The Bertz CT molecular complexity index is 793. The lowest BCUT2D eigenvalue weighted by molar-refractivity contribution is -0.123. The largest absolute Gasteiger partial charge is 0.298 e. The Morgan fingerprint density at radius 1 is 0.679 bits per heavy atom. The minimum Gasteiger partial charge on any atom is -0.298 e. The number of carbonyl (C=O) groups excluding carboxylic acids is 1. The fourth-order valence-corrected chi connectivity index (χ4v) is 3.78. The van der Waals surface area contributed by atoms with E-state index in [1.807, 2.05) is 54.6 Å². The van der Waals surface area contributed by atoms with Crippen molar-refractivity contribution in [2.24, 2.45) is 11.3 Å². The van der Waals surface area contributed by atoms with Gasteiger partial charge in [0.05, 0.1) is 0 Å². The standard InChI is InChI=1S/C27H30O/c1-21(26(2,3)4)20-25(28)27(22-14-8-5-9-15-22,23-16-10-6-11-17-23)24-18-12-7-13-19-24/h5-19,21H,20H2,1-4H3. The molecular formula is C27H30O. The quantitative estimate of drug-likeness (QED) is 0.443. The molecule has 1 heteroatoms. The maximum absolute atomic E-state index is 14.1. The maximum atomic E-state index is 14.1. The number of rotatable bonds is 6. The van der Waals surface area contributed by atoms with Crippen LogP contribution in [0.3, 0.4) is 0 Å². The van der Waals surface area contributed by atoms with Gasteiger partial charge in [0.25, 0.3) is 0 Å². The van der Waals surface area contributed by atoms with E-state index in [2.05, 4.69) is 64.1 Å². The first-order chi connectivity index (χ1) is 13.4. The topological polar surface area (TPSA) is 17.1 Å². The van der Waals surface area contributed by atoms with Gasteiger partial charge in [0, 0.05) is 6.42 Å². The van der Waals surface area contributed by atoms with Gasteiger partial charge in [-0.1, -0.05) is 119 Å². The summed E-state index contributed by atoms with van der Waals surface area (Å²) in [4.78, 5) is 14.1. The van der Waals surface area contributed by atoms with E-state index >= 15 is 0 Å². The van der Waals surface area contributed by atoms with Crippen molar-refractivity contribution >= 4 is 5.78 Å². The van der Waals surface area contributed by atoms with Crippen molar-refractivity contribution in [2.45, 2.75) is 39.5 Å². The summed E-state index contributed by atoms with van der Waals surface area (Å²) in [5, 5.41) is 0. The zero-order chi connectivity index (χ0) is 20.2. The molecular weight excluding hydrogens is 340 g/mol. The number of hydrogen-bond acceptors (Lipinski definition) is 1. The summed E-state index contributed by atoms with van der Waals surface area (Å²) in [6, 6.07) is 30.7. The molecule has 0 saturated carbocycles. The molecule has 0 saturated heterocycles. The summed E-state index contributed by atoms with van der Waals surface area (Å²) in [5.41, 5.74) is 2.35. The van der Waals surface area contributed by atoms with Crippen molar-refractivity contribution < 1.29 is 4.79 Å². The van der Waals surface area contributed by atoms with Gasteiger partial charge in [-0.25, -0.2) is 0 Å². The highest BCUT2D eigenvalue weighted by Gasteiger charge is 2.44. The van der Waals surface area contributed by atoms with E-state index in [-0.39, 0.29) is 17.1 Å². The first-order valence-corrected chi connectivity index (χ1v) is 10.1. The van der Waals surface area contributed by atoms with Crippen LogP contribution >= 0.6 is 0 Å². The Morgan fingerprint density at radius 3 is 1.29 bits per heavy atom. The van der Waals surface area contributed by atoms with E-state index in [0.29, 0.717) is 6.42 Å². The van der Waals surface area contributed by atoms with Crippen molar-refractivity contribution in [2.75, 3.05) is 0 Å². The average Bonchev–Trinajstić information content (AvgIpc) is 2.70. The van der Waals surface area contributed by atoms with E-state index in [1.54, 1.807) is 0 Å². The SMILES string of the molecule is CC(CC(=O)C(c1ccccc1)(c1ccccc1)c1ccccc1)C(C)(C)C. The van der Waals surface area contributed by atoms with E-state index in [9.17, 15) is 4.79 Å². The van der Waals surface area contributed by atoms with Gasteiger partial charge in [-0.05, 0) is 28.0 Å². The van der Waals surface area contributed by atoms with Crippen LogP contribution in [0, 0.1) is 11.3 Å². The number of hydrogen-bond donors (Lipinski definition) is 0. The van der Waals surface area contributed by atoms with Crippen LogP contribution in [-0.2, 0) is 10.2 Å². The van der Waals surface area contributed by atoms with E-state index in [0.717, 1.165) is 16.7 Å². The Morgan fingerprint density at radius 2 is 1.00 bits per heavy atom. The average molecular weight is 371 g/mol. The van der Waals surface area contributed by atoms with Gasteiger partial charge in [0.1, 0.15) is 5.41 Å². The van der Waals surface area contributed by atoms with Crippen molar-refractivity contribution in [3.8, 4) is 0 Å². The zero-order valence-corrected chi connectivity index (χ0v) is 17.4. The predicted molar refractivity (Wildman–Crippen MR) is 117 cm³/mol. The normalized spacial score (nSPS) is 13.1. The van der Waals surface area contributed by atoms with E-state index in [4.69, 9.17) is 0 Å². The van der Waals surface area contributed by atoms with Gasteiger partial charge in [0.15, 0.2) is 5.78 Å². The summed E-state index contributed by atoms with van der Waals surface area (Å²) in [5.74, 6) is 0.522. The number of benzene rings is 3. The molecule has 0 aromatic heterocycles.